The zero-order valence-corrected chi connectivity index (χ0v) is 20.6. The van der Waals surface area contributed by atoms with E-state index in [2.05, 4.69) is 26.0 Å². The molecule has 11 nitrogen and oxygen atoms in total. The summed E-state index contributed by atoms with van der Waals surface area (Å²) in [5.74, 6) is -4.78. The molecule has 0 aromatic heterocycles. The Labute approximate surface area is 211 Å². The molecule has 4 N–H and O–H groups in total. The lowest BCUT2D eigenvalue weighted by Gasteiger charge is -2.34. The third-order valence-corrected chi connectivity index (χ3v) is 6.87. The van der Waals surface area contributed by atoms with Crippen molar-refractivity contribution in [1.82, 2.24) is 21.3 Å². The molecule has 3 aliphatic rings. The Bertz CT molecular complexity index is 888. The quantitative estimate of drug-likeness (QED) is 0.274. The maximum Gasteiger partial charge on any atom is 0.522 e. The number of hydrogen-bond donors (Lipinski definition) is 4. The molecule has 0 spiro atoms. The summed E-state index contributed by atoms with van der Waals surface area (Å²) in [6.07, 6.45) is -2.08. The summed E-state index contributed by atoms with van der Waals surface area (Å²) in [5.41, 5.74) is -0.640. The van der Waals surface area contributed by atoms with Crippen LogP contribution in [0, 0.1) is 11.8 Å². The van der Waals surface area contributed by atoms with Gasteiger partial charge in [-0.1, -0.05) is 12.8 Å². The number of halogens is 3. The van der Waals surface area contributed by atoms with Crippen molar-refractivity contribution in [2.75, 3.05) is 26.4 Å². The first-order chi connectivity index (χ1) is 17.3. The lowest BCUT2D eigenvalue weighted by molar-refractivity contribution is -0.321. The fraction of sp³-hybridized carbons (Fsp3) is 0.783. The van der Waals surface area contributed by atoms with Gasteiger partial charge in [0.1, 0.15) is 12.6 Å². The highest BCUT2D eigenvalue weighted by molar-refractivity contribution is 6.35. The summed E-state index contributed by atoms with van der Waals surface area (Å²) in [4.78, 5) is 62.8. The molecular formula is C23H33F3N4O7. The Hall–Kier alpha value is -2.74. The largest absolute Gasteiger partial charge is 0.522 e. The predicted octanol–water partition coefficient (Wildman–Crippen LogP) is 0.0731. The highest BCUT2D eigenvalue weighted by Gasteiger charge is 2.38. The zero-order valence-electron chi connectivity index (χ0n) is 20.6. The zero-order chi connectivity index (χ0) is 27.2. The third kappa shape index (κ3) is 9.26. The van der Waals surface area contributed by atoms with Crippen LogP contribution in [0.15, 0.2) is 0 Å². The van der Waals surface area contributed by atoms with Crippen LogP contribution in [0.25, 0.3) is 0 Å². The number of rotatable bonds is 11. The van der Waals surface area contributed by atoms with E-state index in [1.807, 2.05) is 0 Å². The van der Waals surface area contributed by atoms with Crippen molar-refractivity contribution in [1.29, 1.82) is 0 Å². The van der Waals surface area contributed by atoms with Gasteiger partial charge in [0.2, 0.25) is 11.8 Å². The van der Waals surface area contributed by atoms with Crippen LogP contribution in [0.5, 0.6) is 0 Å². The first-order valence-electron chi connectivity index (χ1n) is 12.4. The van der Waals surface area contributed by atoms with Gasteiger partial charge in [-0.05, 0) is 44.9 Å². The Morgan fingerprint density at radius 1 is 1.05 bits per heavy atom. The lowest BCUT2D eigenvalue weighted by atomic mass is 9.92. The van der Waals surface area contributed by atoms with Crippen molar-refractivity contribution in [2.24, 2.45) is 11.8 Å². The first kappa shape index (κ1) is 28.8. The monoisotopic (exact) mass is 534 g/mol. The predicted molar refractivity (Wildman–Crippen MR) is 121 cm³/mol. The second-order valence-electron chi connectivity index (χ2n) is 10.1. The van der Waals surface area contributed by atoms with E-state index >= 15 is 0 Å². The topological polar surface area (TPSA) is 152 Å². The van der Waals surface area contributed by atoms with Gasteiger partial charge in [-0.3, -0.25) is 28.7 Å². The SMILES string of the molecule is CC1(NC(=O)C(=O)N[C@@H](CC2CC2)C(=O)N[C@@H](C[C@@H]2CCNC2=O)C(=O)COC(F)(F)F)CCOCC1. The second-order valence-corrected chi connectivity index (χ2v) is 10.1. The number of carbonyl (C=O) groups excluding carboxylic acids is 5. The number of nitrogens with one attached hydrogen (secondary N) is 4. The van der Waals surface area contributed by atoms with E-state index in [0.29, 0.717) is 39.0 Å². The number of ketones is 1. The van der Waals surface area contributed by atoms with Crippen molar-refractivity contribution in [2.45, 2.75) is 75.9 Å². The normalized spacial score (nSPS) is 22.9. The highest BCUT2D eigenvalue weighted by atomic mass is 19.4. The van der Waals surface area contributed by atoms with Gasteiger partial charge in [-0.15, -0.1) is 13.2 Å². The average molecular weight is 535 g/mol. The summed E-state index contributed by atoms with van der Waals surface area (Å²) in [5, 5.41) is 10.0. The highest BCUT2D eigenvalue weighted by Crippen LogP contribution is 2.33. The van der Waals surface area contributed by atoms with E-state index in [1.165, 1.54) is 0 Å². The van der Waals surface area contributed by atoms with Gasteiger partial charge < -0.3 is 26.0 Å². The van der Waals surface area contributed by atoms with Gasteiger partial charge in [-0.2, -0.15) is 0 Å². The molecule has 4 amide bonds. The van der Waals surface area contributed by atoms with Crippen molar-refractivity contribution >= 4 is 29.4 Å². The van der Waals surface area contributed by atoms with Crippen molar-refractivity contribution in [3.05, 3.63) is 0 Å². The van der Waals surface area contributed by atoms with Crippen molar-refractivity contribution in [3.8, 4) is 0 Å². The van der Waals surface area contributed by atoms with E-state index < -0.39 is 60.0 Å². The molecule has 3 fully saturated rings. The Morgan fingerprint density at radius 3 is 2.30 bits per heavy atom. The molecule has 2 heterocycles. The Kier molecular flexibility index (Phi) is 9.51. The van der Waals surface area contributed by atoms with Crippen LogP contribution in [0.1, 0.15) is 51.9 Å². The first-order valence-corrected chi connectivity index (χ1v) is 12.4. The van der Waals surface area contributed by atoms with Gasteiger partial charge in [0.15, 0.2) is 5.78 Å². The maximum atomic E-state index is 13.1. The van der Waals surface area contributed by atoms with E-state index in [0.717, 1.165) is 12.8 Å². The molecule has 14 heteroatoms. The molecule has 3 atom stereocenters. The fourth-order valence-corrected chi connectivity index (χ4v) is 4.37. The Balaban J connectivity index is 1.65. The summed E-state index contributed by atoms with van der Waals surface area (Å²) < 4.78 is 46.3. The average Bonchev–Trinajstić information content (AvgIpc) is 3.55. The van der Waals surface area contributed by atoms with E-state index in [9.17, 15) is 37.1 Å². The summed E-state index contributed by atoms with van der Waals surface area (Å²) in [6.45, 7) is 1.65. The van der Waals surface area contributed by atoms with Crippen LogP contribution in [0.4, 0.5) is 13.2 Å². The van der Waals surface area contributed by atoms with Gasteiger partial charge in [-0.25, -0.2) is 0 Å². The molecule has 208 valence electrons. The third-order valence-electron chi connectivity index (χ3n) is 6.87. The minimum absolute atomic E-state index is 0.121. The number of ether oxygens (including phenoxy) is 2. The Morgan fingerprint density at radius 2 is 1.73 bits per heavy atom. The molecule has 37 heavy (non-hydrogen) atoms. The molecule has 2 saturated heterocycles. The molecule has 0 aromatic rings. The van der Waals surface area contributed by atoms with Gasteiger partial charge in [0.25, 0.3) is 0 Å². The summed E-state index contributed by atoms with van der Waals surface area (Å²) >= 11 is 0. The molecule has 2 aliphatic heterocycles. The standard InChI is InChI=1S/C23H33F3N4O7/c1-22(5-8-36-9-6-22)30-21(35)20(34)29-16(10-13-2-3-13)19(33)28-15(11-14-4-7-27-18(14)32)17(31)12-37-23(24,25)26/h13-16H,2-12H2,1H3,(H,27,32)(H,28,33)(H,29,34)(H,30,35)/t14-,15-,16-/m0/s1. The number of Topliss-reactive ketones (excluding diaryl/α,β-unsaturated/α-hetero) is 1. The van der Waals surface area contributed by atoms with E-state index in [-0.39, 0.29) is 24.7 Å². The van der Waals surface area contributed by atoms with Crippen LogP contribution in [0.2, 0.25) is 0 Å². The summed E-state index contributed by atoms with van der Waals surface area (Å²) in [6, 6.07) is -2.64. The van der Waals surface area contributed by atoms with Crippen LogP contribution in [-0.4, -0.2) is 79.8 Å². The molecule has 1 saturated carbocycles. The molecule has 0 bridgehead atoms. The van der Waals surface area contributed by atoms with E-state index in [4.69, 9.17) is 4.74 Å². The minimum atomic E-state index is -5.05. The fourth-order valence-electron chi connectivity index (χ4n) is 4.37. The van der Waals surface area contributed by atoms with Crippen LogP contribution >= 0.6 is 0 Å². The molecule has 0 radical (unpaired) electrons. The summed E-state index contributed by atoms with van der Waals surface area (Å²) in [7, 11) is 0. The molecular weight excluding hydrogens is 501 g/mol. The van der Waals surface area contributed by atoms with Crippen molar-refractivity contribution in [3.63, 3.8) is 0 Å². The van der Waals surface area contributed by atoms with Gasteiger partial charge >= 0.3 is 18.2 Å². The maximum absolute atomic E-state index is 13.1. The molecule has 3 rings (SSSR count). The van der Waals surface area contributed by atoms with Crippen LogP contribution < -0.4 is 21.3 Å². The second kappa shape index (κ2) is 12.2. The number of alkyl halides is 3. The van der Waals surface area contributed by atoms with E-state index in [1.54, 1.807) is 6.92 Å². The molecule has 0 aromatic carbocycles. The molecule has 0 unspecified atom stereocenters. The smallest absolute Gasteiger partial charge is 0.381 e. The van der Waals surface area contributed by atoms with Crippen molar-refractivity contribution < 1.29 is 46.6 Å². The number of amides is 4. The van der Waals surface area contributed by atoms with Gasteiger partial charge in [0, 0.05) is 31.2 Å². The van der Waals surface area contributed by atoms with Gasteiger partial charge in [0.05, 0.1) is 6.04 Å². The number of hydrogen-bond acceptors (Lipinski definition) is 7. The lowest BCUT2D eigenvalue weighted by Crippen LogP contribution is -2.58. The minimum Gasteiger partial charge on any atom is -0.381 e. The van der Waals surface area contributed by atoms with Crippen LogP contribution in [-0.2, 0) is 33.4 Å². The van der Waals surface area contributed by atoms with Crippen LogP contribution in [0.3, 0.4) is 0 Å². The molecule has 1 aliphatic carbocycles. The number of carbonyl (C=O) groups is 5.